The zero-order valence-corrected chi connectivity index (χ0v) is 13.0. The van der Waals surface area contributed by atoms with Crippen molar-refractivity contribution in [3.8, 4) is 6.07 Å². The molecule has 0 radical (unpaired) electrons. The average Bonchev–Trinajstić information content (AvgIpc) is 3.33. The topological polar surface area (TPSA) is 82.1 Å². The number of anilines is 1. The van der Waals surface area contributed by atoms with Crippen LogP contribution in [0.4, 0.5) is 5.69 Å². The van der Waals surface area contributed by atoms with Gasteiger partial charge in [0.25, 0.3) is 0 Å². The molecule has 1 unspecified atom stereocenters. The van der Waals surface area contributed by atoms with E-state index in [0.29, 0.717) is 24.0 Å². The summed E-state index contributed by atoms with van der Waals surface area (Å²) in [6.07, 6.45) is 3.97. The number of rotatable bonds is 3. The maximum Gasteiger partial charge on any atom is 0.245 e. The van der Waals surface area contributed by atoms with Gasteiger partial charge in [0.2, 0.25) is 5.89 Å². The lowest BCUT2D eigenvalue weighted by atomic mass is 10.1. The smallest absolute Gasteiger partial charge is 0.245 e. The first-order valence-corrected chi connectivity index (χ1v) is 7.90. The van der Waals surface area contributed by atoms with E-state index in [-0.39, 0.29) is 6.04 Å². The highest BCUT2D eigenvalue weighted by Crippen LogP contribution is 2.39. The number of hydrogen-bond acceptors (Lipinski definition) is 7. The van der Waals surface area contributed by atoms with Crippen LogP contribution < -0.4 is 4.90 Å². The van der Waals surface area contributed by atoms with Crippen molar-refractivity contribution >= 4 is 5.69 Å². The summed E-state index contributed by atoms with van der Waals surface area (Å²) in [6, 6.07) is 6.01. The molecule has 0 bridgehead atoms. The SMILES string of the molecule is CN1CCN(c2cccnc2C#N)CC1c1nc(C2CC2)no1. The summed E-state index contributed by atoms with van der Waals surface area (Å²) in [5, 5.41) is 13.4. The van der Waals surface area contributed by atoms with Crippen molar-refractivity contribution in [2.24, 2.45) is 0 Å². The van der Waals surface area contributed by atoms with E-state index in [4.69, 9.17) is 4.52 Å². The fraction of sp³-hybridized carbons (Fsp3) is 0.500. The largest absolute Gasteiger partial charge is 0.366 e. The molecule has 2 aromatic rings. The zero-order chi connectivity index (χ0) is 15.8. The van der Waals surface area contributed by atoms with Crippen LogP contribution >= 0.6 is 0 Å². The van der Waals surface area contributed by atoms with E-state index in [0.717, 1.165) is 37.4 Å². The van der Waals surface area contributed by atoms with Crippen LogP contribution in [0.25, 0.3) is 0 Å². The molecule has 2 aliphatic rings. The Bertz CT molecular complexity index is 747. The Labute approximate surface area is 134 Å². The lowest BCUT2D eigenvalue weighted by Crippen LogP contribution is -2.47. The Morgan fingerprint density at radius 2 is 2.22 bits per heavy atom. The van der Waals surface area contributed by atoms with Gasteiger partial charge in [0.15, 0.2) is 11.5 Å². The second-order valence-corrected chi connectivity index (χ2v) is 6.19. The Kier molecular flexibility index (Phi) is 3.46. The minimum absolute atomic E-state index is 0.0375. The molecule has 0 spiro atoms. The molecule has 7 heteroatoms. The van der Waals surface area contributed by atoms with Crippen LogP contribution in [0, 0.1) is 11.3 Å². The van der Waals surface area contributed by atoms with E-state index in [1.165, 1.54) is 0 Å². The summed E-state index contributed by atoms with van der Waals surface area (Å²) >= 11 is 0. The monoisotopic (exact) mass is 310 g/mol. The lowest BCUT2D eigenvalue weighted by Gasteiger charge is -2.38. The van der Waals surface area contributed by atoms with E-state index in [1.807, 2.05) is 12.1 Å². The van der Waals surface area contributed by atoms with Crippen molar-refractivity contribution in [2.75, 3.05) is 31.6 Å². The van der Waals surface area contributed by atoms with E-state index >= 15 is 0 Å². The normalized spacial score (nSPS) is 22.1. The van der Waals surface area contributed by atoms with Gasteiger partial charge in [0, 0.05) is 31.7 Å². The third kappa shape index (κ3) is 2.66. The molecule has 3 heterocycles. The van der Waals surface area contributed by atoms with Gasteiger partial charge in [-0.05, 0) is 32.0 Å². The number of nitriles is 1. The highest BCUT2D eigenvalue weighted by Gasteiger charge is 2.34. The highest BCUT2D eigenvalue weighted by atomic mass is 16.5. The van der Waals surface area contributed by atoms with Crippen LogP contribution in [-0.4, -0.2) is 46.7 Å². The van der Waals surface area contributed by atoms with Gasteiger partial charge in [0.1, 0.15) is 12.1 Å². The van der Waals surface area contributed by atoms with E-state index in [9.17, 15) is 5.26 Å². The van der Waals surface area contributed by atoms with Crippen LogP contribution in [0.2, 0.25) is 0 Å². The average molecular weight is 310 g/mol. The molecule has 1 atom stereocenters. The van der Waals surface area contributed by atoms with E-state index in [1.54, 1.807) is 6.20 Å². The summed E-state index contributed by atoms with van der Waals surface area (Å²) in [7, 11) is 2.07. The molecule has 1 aliphatic heterocycles. The number of piperazine rings is 1. The van der Waals surface area contributed by atoms with E-state index < -0.39 is 0 Å². The number of aromatic nitrogens is 3. The molecule has 2 aromatic heterocycles. The Morgan fingerprint density at radius 3 is 3.00 bits per heavy atom. The predicted molar refractivity (Wildman–Crippen MR) is 82.8 cm³/mol. The molecule has 0 amide bonds. The Morgan fingerprint density at radius 1 is 1.35 bits per heavy atom. The molecule has 0 N–H and O–H groups in total. The summed E-state index contributed by atoms with van der Waals surface area (Å²) in [6.45, 7) is 2.42. The van der Waals surface area contributed by atoms with Gasteiger partial charge in [-0.3, -0.25) is 4.90 Å². The molecule has 118 valence electrons. The minimum atomic E-state index is 0.0375. The van der Waals surface area contributed by atoms with Crippen molar-refractivity contribution in [1.29, 1.82) is 5.26 Å². The molecular weight excluding hydrogens is 292 g/mol. The third-order valence-electron chi connectivity index (χ3n) is 4.57. The molecule has 7 nitrogen and oxygen atoms in total. The number of likely N-dealkylation sites (N-methyl/N-ethyl adjacent to an activating group) is 1. The van der Waals surface area contributed by atoms with Crippen LogP contribution in [0.3, 0.4) is 0 Å². The first-order valence-electron chi connectivity index (χ1n) is 7.90. The third-order valence-corrected chi connectivity index (χ3v) is 4.57. The predicted octanol–water partition coefficient (Wildman–Crippen LogP) is 1.71. The van der Waals surface area contributed by atoms with E-state index in [2.05, 4.69) is 38.0 Å². The maximum atomic E-state index is 9.26. The Balaban J connectivity index is 1.58. The minimum Gasteiger partial charge on any atom is -0.366 e. The summed E-state index contributed by atoms with van der Waals surface area (Å²) < 4.78 is 5.51. The van der Waals surface area contributed by atoms with Gasteiger partial charge in [0.05, 0.1) is 5.69 Å². The summed E-state index contributed by atoms with van der Waals surface area (Å²) in [5.41, 5.74) is 1.33. The van der Waals surface area contributed by atoms with Crippen LogP contribution in [0.15, 0.2) is 22.9 Å². The zero-order valence-electron chi connectivity index (χ0n) is 13.0. The second kappa shape index (κ2) is 5.63. The van der Waals surface area contributed by atoms with Gasteiger partial charge in [-0.15, -0.1) is 0 Å². The molecule has 1 saturated carbocycles. The first-order chi connectivity index (χ1) is 11.3. The molecular formula is C16H18N6O. The quantitative estimate of drug-likeness (QED) is 0.853. The highest BCUT2D eigenvalue weighted by molar-refractivity contribution is 5.56. The van der Waals surface area contributed by atoms with Gasteiger partial charge in [-0.1, -0.05) is 5.16 Å². The molecule has 0 aromatic carbocycles. The Hall–Kier alpha value is -2.46. The van der Waals surface area contributed by atoms with Gasteiger partial charge < -0.3 is 9.42 Å². The van der Waals surface area contributed by atoms with Gasteiger partial charge in [-0.2, -0.15) is 10.2 Å². The van der Waals surface area contributed by atoms with Gasteiger partial charge in [-0.25, -0.2) is 4.98 Å². The van der Waals surface area contributed by atoms with Crippen LogP contribution in [0.1, 0.15) is 42.2 Å². The van der Waals surface area contributed by atoms with Crippen molar-refractivity contribution in [3.63, 3.8) is 0 Å². The van der Waals surface area contributed by atoms with Crippen molar-refractivity contribution in [2.45, 2.75) is 24.8 Å². The fourth-order valence-corrected chi connectivity index (χ4v) is 2.99. The molecule has 1 aliphatic carbocycles. The summed E-state index contributed by atoms with van der Waals surface area (Å²) in [4.78, 5) is 13.2. The molecule has 2 fully saturated rings. The van der Waals surface area contributed by atoms with Gasteiger partial charge >= 0.3 is 0 Å². The number of pyridine rings is 1. The molecule has 23 heavy (non-hydrogen) atoms. The standard InChI is InChI=1S/C16H18N6O/c1-21-7-8-22(13-3-2-6-18-12(13)9-17)10-14(21)16-19-15(20-23-16)11-4-5-11/h2-3,6,11,14H,4-5,7-8,10H2,1H3. The number of nitrogens with zero attached hydrogens (tertiary/aromatic N) is 6. The van der Waals surface area contributed by atoms with Crippen LogP contribution in [0.5, 0.6) is 0 Å². The summed E-state index contributed by atoms with van der Waals surface area (Å²) in [5.74, 6) is 1.99. The number of hydrogen-bond donors (Lipinski definition) is 0. The van der Waals surface area contributed by atoms with Crippen molar-refractivity contribution < 1.29 is 4.52 Å². The second-order valence-electron chi connectivity index (χ2n) is 6.19. The first kappa shape index (κ1) is 14.2. The molecule has 1 saturated heterocycles. The van der Waals surface area contributed by atoms with Crippen LogP contribution in [-0.2, 0) is 0 Å². The lowest BCUT2D eigenvalue weighted by molar-refractivity contribution is 0.177. The fourth-order valence-electron chi connectivity index (χ4n) is 2.99. The maximum absolute atomic E-state index is 9.26. The van der Waals surface area contributed by atoms with Crippen molar-refractivity contribution in [1.82, 2.24) is 20.0 Å². The molecule has 4 rings (SSSR count). The van der Waals surface area contributed by atoms with Crippen molar-refractivity contribution in [3.05, 3.63) is 35.7 Å².